The average Bonchev–Trinajstić information content (AvgIpc) is 3.56. The summed E-state index contributed by atoms with van der Waals surface area (Å²) in [5.41, 5.74) is 2.43. The van der Waals surface area contributed by atoms with Gasteiger partial charge < -0.3 is 18.9 Å². The number of esters is 1. The molecule has 3 aliphatic rings. The van der Waals surface area contributed by atoms with Crippen molar-refractivity contribution >= 4 is 39.3 Å². The zero-order valence-electron chi connectivity index (χ0n) is 22.5. The fraction of sp³-hybridized carbons (Fsp3) is 0.258. The number of nitrogens with zero attached hydrogens (tertiary/aromatic N) is 2. The normalized spacial score (nSPS) is 19.7. The molecule has 0 spiro atoms. The number of carbonyl (C=O) groups is 1. The third-order valence-corrected chi connectivity index (χ3v) is 8.72. The number of allylic oxidation sites excluding steroid dienone is 4. The number of hydrogen-bond acceptors (Lipinski definition) is 8. The van der Waals surface area contributed by atoms with Gasteiger partial charge in [0.15, 0.2) is 16.3 Å². The minimum atomic E-state index is -0.714. The fourth-order valence-corrected chi connectivity index (χ4v) is 6.77. The third kappa shape index (κ3) is 5.41. The topological polar surface area (TPSA) is 88.4 Å². The van der Waals surface area contributed by atoms with E-state index in [0.29, 0.717) is 50.7 Å². The Kier molecular flexibility index (Phi) is 7.68. The number of halogens is 1. The zero-order valence-corrected chi connectivity index (χ0v) is 24.9. The van der Waals surface area contributed by atoms with Crippen molar-refractivity contribution in [3.63, 3.8) is 0 Å². The van der Waals surface area contributed by atoms with Crippen molar-refractivity contribution in [1.82, 2.24) is 4.57 Å². The summed E-state index contributed by atoms with van der Waals surface area (Å²) in [5, 5.41) is 0. The number of carbonyl (C=O) groups excluding carboxylic acids is 1. The summed E-state index contributed by atoms with van der Waals surface area (Å²) in [6, 6.07) is 14.7. The van der Waals surface area contributed by atoms with E-state index in [0.717, 1.165) is 15.8 Å². The van der Waals surface area contributed by atoms with E-state index in [2.05, 4.69) is 20.9 Å². The SMILES string of the molecule is CCOC(=O)C1=C(C)N=c2s/c(=C\[C@H]3C=CC(OCc4ccccc4)=C(Br)C3)c(=O)n2[C@H]1c1ccc2c(c1)OCO2. The van der Waals surface area contributed by atoms with E-state index in [1.807, 2.05) is 60.7 Å². The predicted molar refractivity (Wildman–Crippen MR) is 158 cm³/mol. The lowest BCUT2D eigenvalue weighted by Crippen LogP contribution is -2.40. The molecular weight excluding hydrogens is 608 g/mol. The van der Waals surface area contributed by atoms with Crippen molar-refractivity contribution in [2.75, 3.05) is 13.4 Å². The first-order valence-corrected chi connectivity index (χ1v) is 14.9. The predicted octanol–water partition coefficient (Wildman–Crippen LogP) is 4.88. The second-order valence-electron chi connectivity index (χ2n) is 9.71. The number of benzene rings is 2. The lowest BCUT2D eigenvalue weighted by molar-refractivity contribution is -0.139. The van der Waals surface area contributed by atoms with Gasteiger partial charge in [-0.3, -0.25) is 9.36 Å². The molecule has 0 N–H and O–H groups in total. The molecule has 210 valence electrons. The first-order valence-electron chi connectivity index (χ1n) is 13.3. The highest BCUT2D eigenvalue weighted by Gasteiger charge is 2.34. The standard InChI is InChI=1S/C31H27BrN2O6S/c1-3-37-30(36)27-18(2)33-31-34(28(27)21-10-12-24-25(15-21)40-17-39-24)29(35)26(41-31)14-20-9-11-23(22(32)13-20)38-16-19-7-5-4-6-8-19/h4-12,14-15,20,28H,3,13,16-17H2,1-2H3/b26-14-/t20-,28-/m0/s1. The summed E-state index contributed by atoms with van der Waals surface area (Å²) in [7, 11) is 0. The molecule has 3 aromatic rings. The minimum Gasteiger partial charge on any atom is -0.488 e. The molecule has 3 heterocycles. The first-order chi connectivity index (χ1) is 19.9. The Bertz CT molecular complexity index is 1790. The van der Waals surface area contributed by atoms with E-state index >= 15 is 0 Å². The molecule has 10 heteroatoms. The number of rotatable bonds is 7. The van der Waals surface area contributed by atoms with Crippen LogP contribution in [0, 0.1) is 5.92 Å². The van der Waals surface area contributed by atoms with Crippen molar-refractivity contribution in [3.8, 4) is 11.5 Å². The van der Waals surface area contributed by atoms with Crippen LogP contribution in [-0.4, -0.2) is 23.9 Å². The molecule has 41 heavy (non-hydrogen) atoms. The van der Waals surface area contributed by atoms with Crippen LogP contribution in [0.5, 0.6) is 11.5 Å². The molecule has 0 amide bonds. The molecule has 2 aliphatic heterocycles. The number of fused-ring (bicyclic) bond motifs is 2. The van der Waals surface area contributed by atoms with Crippen LogP contribution in [0.2, 0.25) is 0 Å². The second kappa shape index (κ2) is 11.5. The van der Waals surface area contributed by atoms with Crippen LogP contribution < -0.4 is 24.4 Å². The van der Waals surface area contributed by atoms with Gasteiger partial charge in [-0.25, -0.2) is 9.79 Å². The summed E-state index contributed by atoms with van der Waals surface area (Å²) >= 11 is 4.98. The van der Waals surface area contributed by atoms with Crippen LogP contribution in [0.15, 0.2) is 92.0 Å². The van der Waals surface area contributed by atoms with E-state index in [9.17, 15) is 9.59 Å². The maximum Gasteiger partial charge on any atom is 0.338 e. The molecule has 0 bridgehead atoms. The lowest BCUT2D eigenvalue weighted by atomic mass is 9.95. The molecule has 1 aromatic heterocycles. The van der Waals surface area contributed by atoms with E-state index in [1.54, 1.807) is 24.5 Å². The van der Waals surface area contributed by atoms with Crippen molar-refractivity contribution in [1.29, 1.82) is 0 Å². The Morgan fingerprint density at radius 2 is 2.00 bits per heavy atom. The highest BCUT2D eigenvalue weighted by atomic mass is 79.9. The van der Waals surface area contributed by atoms with Crippen LogP contribution in [0.25, 0.3) is 6.08 Å². The number of hydrogen-bond donors (Lipinski definition) is 0. The average molecular weight is 636 g/mol. The van der Waals surface area contributed by atoms with Crippen LogP contribution in [0.4, 0.5) is 0 Å². The summed E-state index contributed by atoms with van der Waals surface area (Å²) < 4.78 is 25.5. The van der Waals surface area contributed by atoms with Crippen LogP contribution in [0.3, 0.4) is 0 Å². The van der Waals surface area contributed by atoms with E-state index in [1.165, 1.54) is 11.3 Å². The smallest absolute Gasteiger partial charge is 0.338 e. The molecule has 0 radical (unpaired) electrons. The van der Waals surface area contributed by atoms with Gasteiger partial charge in [0.05, 0.1) is 28.5 Å². The highest BCUT2D eigenvalue weighted by molar-refractivity contribution is 9.11. The van der Waals surface area contributed by atoms with Gasteiger partial charge in [-0.1, -0.05) is 75.8 Å². The summed E-state index contributed by atoms with van der Waals surface area (Å²) in [6.45, 7) is 4.33. The summed E-state index contributed by atoms with van der Waals surface area (Å²) in [4.78, 5) is 32.2. The molecule has 0 saturated heterocycles. The molecule has 6 rings (SSSR count). The molecule has 0 fully saturated rings. The Hall–Kier alpha value is -3.89. The van der Waals surface area contributed by atoms with Gasteiger partial charge in [-0.05, 0) is 49.6 Å². The third-order valence-electron chi connectivity index (χ3n) is 7.01. The molecule has 0 saturated carbocycles. The minimum absolute atomic E-state index is 0.0237. The van der Waals surface area contributed by atoms with Crippen molar-refractivity contribution in [2.45, 2.75) is 32.9 Å². The van der Waals surface area contributed by atoms with E-state index in [-0.39, 0.29) is 24.9 Å². The quantitative estimate of drug-likeness (QED) is 0.344. The number of aromatic nitrogens is 1. The largest absolute Gasteiger partial charge is 0.488 e. The number of thiazole rings is 1. The van der Waals surface area contributed by atoms with Gasteiger partial charge >= 0.3 is 5.97 Å². The monoisotopic (exact) mass is 634 g/mol. The summed E-state index contributed by atoms with van der Waals surface area (Å²) in [5.74, 6) is 1.44. The van der Waals surface area contributed by atoms with Crippen LogP contribution in [-0.2, 0) is 20.9 Å². The molecule has 0 unspecified atom stereocenters. The molecule has 2 atom stereocenters. The Morgan fingerprint density at radius 1 is 1.20 bits per heavy atom. The maximum absolute atomic E-state index is 13.9. The number of ether oxygens (including phenoxy) is 4. The lowest BCUT2D eigenvalue weighted by Gasteiger charge is -2.24. The molecule has 1 aliphatic carbocycles. The van der Waals surface area contributed by atoms with E-state index in [4.69, 9.17) is 18.9 Å². The first kappa shape index (κ1) is 27.3. The van der Waals surface area contributed by atoms with Crippen molar-refractivity contribution in [2.24, 2.45) is 10.9 Å². The van der Waals surface area contributed by atoms with Gasteiger partial charge in [0, 0.05) is 10.4 Å². The molecule has 8 nitrogen and oxygen atoms in total. The Morgan fingerprint density at radius 3 is 2.78 bits per heavy atom. The molecular formula is C31H27BrN2O6S. The molecule has 2 aromatic carbocycles. The van der Waals surface area contributed by atoms with E-state index < -0.39 is 12.0 Å². The summed E-state index contributed by atoms with van der Waals surface area (Å²) in [6.07, 6.45) is 6.58. The Labute approximate surface area is 248 Å². The van der Waals surface area contributed by atoms with Crippen molar-refractivity contribution < 1.29 is 23.7 Å². The Balaban J connectivity index is 1.34. The van der Waals surface area contributed by atoms with Gasteiger partial charge in [0.1, 0.15) is 12.4 Å². The maximum atomic E-state index is 13.9. The van der Waals surface area contributed by atoms with Gasteiger partial charge in [0.25, 0.3) is 5.56 Å². The van der Waals surface area contributed by atoms with Crippen molar-refractivity contribution in [3.05, 3.63) is 113 Å². The van der Waals surface area contributed by atoms with Gasteiger partial charge in [-0.15, -0.1) is 0 Å². The van der Waals surface area contributed by atoms with Crippen LogP contribution in [0.1, 0.15) is 37.4 Å². The van der Waals surface area contributed by atoms with Gasteiger partial charge in [-0.2, -0.15) is 0 Å². The highest BCUT2D eigenvalue weighted by Crippen LogP contribution is 2.38. The second-order valence-corrected chi connectivity index (χ2v) is 11.7. The fourth-order valence-electron chi connectivity index (χ4n) is 5.05. The zero-order chi connectivity index (χ0) is 28.5. The van der Waals surface area contributed by atoms with Crippen LogP contribution >= 0.6 is 27.3 Å². The van der Waals surface area contributed by atoms with Gasteiger partial charge in [0.2, 0.25) is 6.79 Å².